The molecule has 29 heavy (non-hydrogen) atoms. The van der Waals surface area contributed by atoms with Crippen LogP contribution in [0.15, 0.2) is 67.0 Å². The minimum absolute atomic E-state index is 0.00833. The van der Waals surface area contributed by atoms with Crippen molar-refractivity contribution < 1.29 is 4.79 Å². The molecule has 5 heteroatoms. The molecular formula is C24H28N4O. The Kier molecular flexibility index (Phi) is 6.06. The summed E-state index contributed by atoms with van der Waals surface area (Å²) in [7, 11) is 1.95. The first-order chi connectivity index (χ1) is 14.2. The molecule has 5 nitrogen and oxygen atoms in total. The van der Waals surface area contributed by atoms with Crippen molar-refractivity contribution in [1.29, 1.82) is 0 Å². The summed E-state index contributed by atoms with van der Waals surface area (Å²) in [6.45, 7) is 3.78. The van der Waals surface area contributed by atoms with E-state index in [2.05, 4.69) is 33.6 Å². The average molecular weight is 389 g/mol. The molecule has 1 aliphatic rings. The molecular weight excluding hydrogens is 360 g/mol. The molecule has 1 saturated heterocycles. The van der Waals surface area contributed by atoms with Gasteiger partial charge in [-0.05, 0) is 48.6 Å². The third-order valence-corrected chi connectivity index (χ3v) is 5.57. The van der Waals surface area contributed by atoms with Gasteiger partial charge in [0, 0.05) is 44.0 Å². The van der Waals surface area contributed by atoms with Crippen molar-refractivity contribution >= 4 is 5.91 Å². The Hall–Kier alpha value is -2.92. The van der Waals surface area contributed by atoms with Crippen LogP contribution in [0.1, 0.15) is 28.8 Å². The molecule has 0 spiro atoms. The molecule has 3 aromatic rings. The summed E-state index contributed by atoms with van der Waals surface area (Å²) in [6, 6.07) is 18.1. The van der Waals surface area contributed by atoms with Crippen molar-refractivity contribution in [3.05, 3.63) is 78.1 Å². The molecule has 1 amide bonds. The Bertz CT molecular complexity index is 933. The van der Waals surface area contributed by atoms with Crippen LogP contribution >= 0.6 is 0 Å². The summed E-state index contributed by atoms with van der Waals surface area (Å²) in [5.41, 5.74) is 4.25. The molecule has 1 aromatic heterocycles. The first-order valence-electron chi connectivity index (χ1n) is 10.3. The molecule has 1 fully saturated rings. The summed E-state index contributed by atoms with van der Waals surface area (Å²) in [6.07, 6.45) is 6.35. The minimum atomic E-state index is 0.00833. The van der Waals surface area contributed by atoms with Crippen molar-refractivity contribution in [3.8, 4) is 11.1 Å². The van der Waals surface area contributed by atoms with Crippen molar-refractivity contribution in [1.82, 2.24) is 20.0 Å². The lowest BCUT2D eigenvalue weighted by atomic mass is 9.97. The summed E-state index contributed by atoms with van der Waals surface area (Å²) < 4.78 is 1.85. The number of piperidine rings is 1. The van der Waals surface area contributed by atoms with E-state index in [1.807, 2.05) is 60.4 Å². The van der Waals surface area contributed by atoms with Gasteiger partial charge in [0.1, 0.15) is 0 Å². The van der Waals surface area contributed by atoms with Crippen LogP contribution in [0.3, 0.4) is 0 Å². The molecule has 1 unspecified atom stereocenters. The first-order valence-corrected chi connectivity index (χ1v) is 10.3. The van der Waals surface area contributed by atoms with Crippen LogP contribution < -0.4 is 5.32 Å². The van der Waals surface area contributed by atoms with E-state index in [-0.39, 0.29) is 5.91 Å². The molecule has 2 aromatic carbocycles. The van der Waals surface area contributed by atoms with Gasteiger partial charge in [0.15, 0.2) is 0 Å². The van der Waals surface area contributed by atoms with Gasteiger partial charge in [-0.2, -0.15) is 5.10 Å². The number of likely N-dealkylation sites (tertiary alicyclic amines) is 1. The van der Waals surface area contributed by atoms with Gasteiger partial charge in [0.05, 0.1) is 6.20 Å². The fourth-order valence-electron chi connectivity index (χ4n) is 4.06. The van der Waals surface area contributed by atoms with Crippen LogP contribution in [-0.4, -0.2) is 40.2 Å². The first kappa shape index (κ1) is 19.4. The van der Waals surface area contributed by atoms with Crippen LogP contribution in [0.2, 0.25) is 0 Å². The normalized spacial score (nSPS) is 17.2. The van der Waals surface area contributed by atoms with E-state index >= 15 is 0 Å². The average Bonchev–Trinajstić information content (AvgIpc) is 3.17. The third kappa shape index (κ3) is 5.12. The van der Waals surface area contributed by atoms with E-state index in [4.69, 9.17) is 0 Å². The number of hydrogen-bond acceptors (Lipinski definition) is 3. The monoisotopic (exact) mass is 388 g/mol. The van der Waals surface area contributed by atoms with Crippen molar-refractivity contribution in [2.75, 3.05) is 19.6 Å². The number of nitrogens with one attached hydrogen (secondary N) is 1. The predicted octanol–water partition coefficient (Wildman–Crippen LogP) is 3.73. The van der Waals surface area contributed by atoms with E-state index in [9.17, 15) is 4.79 Å². The Morgan fingerprint density at radius 3 is 2.59 bits per heavy atom. The number of carbonyl (C=O) groups is 1. The zero-order valence-electron chi connectivity index (χ0n) is 16.9. The zero-order chi connectivity index (χ0) is 20.1. The molecule has 4 rings (SSSR count). The highest BCUT2D eigenvalue weighted by Crippen LogP contribution is 2.20. The third-order valence-electron chi connectivity index (χ3n) is 5.57. The fourth-order valence-corrected chi connectivity index (χ4v) is 4.06. The van der Waals surface area contributed by atoms with Crippen molar-refractivity contribution in [3.63, 3.8) is 0 Å². The van der Waals surface area contributed by atoms with Gasteiger partial charge in [-0.25, -0.2) is 0 Å². The molecule has 0 aliphatic carbocycles. The van der Waals surface area contributed by atoms with E-state index < -0.39 is 0 Å². The molecule has 2 heterocycles. The molecule has 1 N–H and O–H groups in total. The van der Waals surface area contributed by atoms with Gasteiger partial charge in [-0.3, -0.25) is 14.4 Å². The lowest BCUT2D eigenvalue weighted by Gasteiger charge is -2.32. The lowest BCUT2D eigenvalue weighted by molar-refractivity contribution is 0.0930. The SMILES string of the molecule is Cn1cc(CN2CCCC(CNC(=O)c3ccc(-c4ccccc4)cc3)C2)cn1. The molecule has 1 aliphatic heterocycles. The van der Waals surface area contributed by atoms with Crippen molar-refractivity contribution in [2.24, 2.45) is 13.0 Å². The highest BCUT2D eigenvalue weighted by atomic mass is 16.1. The van der Waals surface area contributed by atoms with Gasteiger partial charge in [-0.15, -0.1) is 0 Å². The molecule has 150 valence electrons. The van der Waals surface area contributed by atoms with E-state index in [1.54, 1.807) is 0 Å². The summed E-state index contributed by atoms with van der Waals surface area (Å²) >= 11 is 0. The van der Waals surface area contributed by atoms with Gasteiger partial charge in [-0.1, -0.05) is 42.5 Å². The molecule has 0 saturated carbocycles. The lowest BCUT2D eigenvalue weighted by Crippen LogP contribution is -2.40. The number of aromatic nitrogens is 2. The quantitative estimate of drug-likeness (QED) is 0.700. The van der Waals surface area contributed by atoms with E-state index in [0.717, 1.165) is 43.7 Å². The Morgan fingerprint density at radius 2 is 1.86 bits per heavy atom. The largest absolute Gasteiger partial charge is 0.352 e. The topological polar surface area (TPSA) is 50.2 Å². The maximum absolute atomic E-state index is 12.6. The minimum Gasteiger partial charge on any atom is -0.352 e. The highest BCUT2D eigenvalue weighted by Gasteiger charge is 2.21. The highest BCUT2D eigenvalue weighted by molar-refractivity contribution is 5.94. The number of hydrogen-bond donors (Lipinski definition) is 1. The Morgan fingerprint density at radius 1 is 1.10 bits per heavy atom. The van der Waals surface area contributed by atoms with Gasteiger partial charge < -0.3 is 5.32 Å². The summed E-state index contributed by atoms with van der Waals surface area (Å²) in [4.78, 5) is 15.0. The number of nitrogens with zero attached hydrogens (tertiary/aromatic N) is 3. The predicted molar refractivity (Wildman–Crippen MR) is 115 cm³/mol. The number of rotatable bonds is 6. The number of amides is 1. The Balaban J connectivity index is 1.28. The zero-order valence-corrected chi connectivity index (χ0v) is 16.9. The van der Waals surface area contributed by atoms with Crippen LogP contribution in [-0.2, 0) is 13.6 Å². The molecule has 0 radical (unpaired) electrons. The number of aryl methyl sites for hydroxylation is 1. The van der Waals surface area contributed by atoms with E-state index in [0.29, 0.717) is 11.5 Å². The van der Waals surface area contributed by atoms with Crippen molar-refractivity contribution in [2.45, 2.75) is 19.4 Å². The van der Waals surface area contributed by atoms with Gasteiger partial charge in [0.2, 0.25) is 0 Å². The second kappa shape index (κ2) is 9.05. The maximum atomic E-state index is 12.6. The second-order valence-corrected chi connectivity index (χ2v) is 7.92. The summed E-state index contributed by atoms with van der Waals surface area (Å²) in [5.74, 6) is 0.502. The smallest absolute Gasteiger partial charge is 0.251 e. The number of carbonyl (C=O) groups excluding carboxylic acids is 1. The summed E-state index contributed by atoms with van der Waals surface area (Å²) in [5, 5.41) is 7.39. The molecule has 0 bridgehead atoms. The standard InChI is InChI=1S/C24H28N4O/c1-27-16-20(15-26-27)18-28-13-5-6-19(17-28)14-25-24(29)23-11-9-22(10-12-23)21-7-3-2-4-8-21/h2-4,7-12,15-16,19H,5-6,13-14,17-18H2,1H3,(H,25,29). The van der Waals surface area contributed by atoms with Crippen LogP contribution in [0, 0.1) is 5.92 Å². The van der Waals surface area contributed by atoms with Gasteiger partial charge >= 0.3 is 0 Å². The van der Waals surface area contributed by atoms with Crippen LogP contribution in [0.4, 0.5) is 0 Å². The number of benzene rings is 2. The fraction of sp³-hybridized carbons (Fsp3) is 0.333. The maximum Gasteiger partial charge on any atom is 0.251 e. The second-order valence-electron chi connectivity index (χ2n) is 7.92. The van der Waals surface area contributed by atoms with Gasteiger partial charge in [0.25, 0.3) is 5.91 Å². The van der Waals surface area contributed by atoms with Crippen LogP contribution in [0.5, 0.6) is 0 Å². The molecule has 1 atom stereocenters. The van der Waals surface area contributed by atoms with Crippen LogP contribution in [0.25, 0.3) is 11.1 Å². The van der Waals surface area contributed by atoms with E-state index in [1.165, 1.54) is 12.0 Å². The Labute approximate surface area is 172 Å².